The molecule has 0 saturated carbocycles. The van der Waals surface area contributed by atoms with Crippen LogP contribution in [0.25, 0.3) is 10.9 Å². The molecular formula is C27H39N9O8. The molecule has 0 spiro atoms. The van der Waals surface area contributed by atoms with Gasteiger partial charge in [0.25, 0.3) is 0 Å². The van der Waals surface area contributed by atoms with E-state index in [1.54, 1.807) is 6.20 Å². The summed E-state index contributed by atoms with van der Waals surface area (Å²) in [6.07, 6.45) is 0.534. The third-order valence-corrected chi connectivity index (χ3v) is 6.60. The number of aromatic nitrogens is 1. The summed E-state index contributed by atoms with van der Waals surface area (Å²) in [6, 6.07) is 2.11. The van der Waals surface area contributed by atoms with Crippen molar-refractivity contribution < 1.29 is 39.0 Å². The lowest BCUT2D eigenvalue weighted by atomic mass is 10.0. The standard InChI is InChI=1S/C27H39N9O8/c28-16(12-14-13-33-17-5-2-1-4-15(14)17)23(40)34-19(7-9-21(29)37)25(42)35-18(6-3-11-32-27(30)31)24(41)36-20(26(43)44)8-10-22(38)39/h1-2,4-5,13,16,18-20,33H,3,6-12,28H2,(H2,29,37)(H,34,40)(H,35,42)(H,36,41)(H,38,39)(H,43,44)(H4,30,31,32). The molecule has 0 aliphatic rings. The summed E-state index contributed by atoms with van der Waals surface area (Å²) in [7, 11) is 0. The van der Waals surface area contributed by atoms with E-state index >= 15 is 0 Å². The number of hydrogen-bond acceptors (Lipinski definition) is 8. The van der Waals surface area contributed by atoms with Crippen LogP contribution >= 0.6 is 0 Å². The number of hydrogen-bond donors (Lipinski definition) is 10. The summed E-state index contributed by atoms with van der Waals surface area (Å²) in [6.45, 7) is 0.0773. The first-order valence-electron chi connectivity index (χ1n) is 13.8. The number of carbonyl (C=O) groups excluding carboxylic acids is 4. The third-order valence-electron chi connectivity index (χ3n) is 6.60. The van der Waals surface area contributed by atoms with Gasteiger partial charge in [-0.25, -0.2) is 4.79 Å². The van der Waals surface area contributed by atoms with Gasteiger partial charge in [-0.15, -0.1) is 0 Å². The van der Waals surface area contributed by atoms with Gasteiger partial charge in [0.1, 0.15) is 18.1 Å². The highest BCUT2D eigenvalue weighted by molar-refractivity contribution is 5.94. The fourth-order valence-corrected chi connectivity index (χ4v) is 4.31. The Kier molecular flexibility index (Phi) is 13.6. The van der Waals surface area contributed by atoms with E-state index in [9.17, 15) is 33.9 Å². The van der Waals surface area contributed by atoms with Crippen molar-refractivity contribution in [1.82, 2.24) is 20.9 Å². The highest BCUT2D eigenvalue weighted by Gasteiger charge is 2.30. The Balaban J connectivity index is 2.19. The van der Waals surface area contributed by atoms with Gasteiger partial charge in [0.15, 0.2) is 5.96 Å². The number of carboxylic acid groups (broad SMARTS) is 2. The smallest absolute Gasteiger partial charge is 0.326 e. The van der Waals surface area contributed by atoms with Crippen LogP contribution < -0.4 is 38.9 Å². The highest BCUT2D eigenvalue weighted by atomic mass is 16.4. The van der Waals surface area contributed by atoms with Crippen molar-refractivity contribution in [3.05, 3.63) is 36.0 Å². The maximum Gasteiger partial charge on any atom is 0.326 e. The number of carboxylic acids is 2. The van der Waals surface area contributed by atoms with Crippen LogP contribution in [0.2, 0.25) is 0 Å². The van der Waals surface area contributed by atoms with Gasteiger partial charge >= 0.3 is 11.9 Å². The fraction of sp³-hybridized carbons (Fsp3) is 0.444. The number of guanidine groups is 1. The topological polar surface area (TPSA) is 311 Å². The maximum absolute atomic E-state index is 13.3. The first kappa shape index (κ1) is 35.0. The van der Waals surface area contributed by atoms with E-state index in [4.69, 9.17) is 28.0 Å². The van der Waals surface area contributed by atoms with E-state index in [-0.39, 0.29) is 44.6 Å². The predicted octanol–water partition coefficient (Wildman–Crippen LogP) is -2.24. The second kappa shape index (κ2) is 17.1. The minimum absolute atomic E-state index is 0.0593. The van der Waals surface area contributed by atoms with Crippen LogP contribution in [-0.2, 0) is 35.2 Å². The molecule has 4 amide bonds. The van der Waals surface area contributed by atoms with Crippen LogP contribution in [0, 0.1) is 0 Å². The average molecular weight is 618 g/mol. The molecule has 240 valence electrons. The molecule has 0 aliphatic carbocycles. The number of aliphatic imine (C=N–C) groups is 1. The lowest BCUT2D eigenvalue weighted by Gasteiger charge is -2.25. The molecular weight excluding hydrogens is 578 g/mol. The lowest BCUT2D eigenvalue weighted by Crippen LogP contribution is -2.57. The highest BCUT2D eigenvalue weighted by Crippen LogP contribution is 2.19. The Labute approximate surface area is 252 Å². The molecule has 0 bridgehead atoms. The largest absolute Gasteiger partial charge is 0.481 e. The summed E-state index contributed by atoms with van der Waals surface area (Å²) in [5, 5.41) is 26.4. The Morgan fingerprint density at radius 1 is 0.818 bits per heavy atom. The van der Waals surface area contributed by atoms with Gasteiger partial charge in [0.05, 0.1) is 6.04 Å². The van der Waals surface area contributed by atoms with Gasteiger partial charge in [-0.3, -0.25) is 29.0 Å². The van der Waals surface area contributed by atoms with Crippen molar-refractivity contribution in [1.29, 1.82) is 0 Å². The number of benzene rings is 1. The van der Waals surface area contributed by atoms with Crippen molar-refractivity contribution in [2.24, 2.45) is 27.9 Å². The minimum atomic E-state index is -1.55. The van der Waals surface area contributed by atoms with E-state index in [1.807, 2.05) is 24.3 Å². The number of H-pyrrole nitrogens is 1. The normalized spacial score (nSPS) is 13.6. The molecule has 0 aliphatic heterocycles. The number of aromatic amines is 1. The Morgan fingerprint density at radius 2 is 1.41 bits per heavy atom. The molecule has 17 nitrogen and oxygen atoms in total. The van der Waals surface area contributed by atoms with Crippen LogP contribution in [0.1, 0.15) is 44.1 Å². The molecule has 4 atom stereocenters. The number of aliphatic carboxylic acids is 2. The average Bonchev–Trinajstić information content (AvgIpc) is 3.36. The van der Waals surface area contributed by atoms with E-state index in [1.165, 1.54) is 0 Å². The summed E-state index contributed by atoms with van der Waals surface area (Å²) in [5.41, 5.74) is 23.7. The molecule has 17 heteroatoms. The predicted molar refractivity (Wildman–Crippen MR) is 159 cm³/mol. The van der Waals surface area contributed by atoms with Gasteiger partial charge < -0.3 is 54.1 Å². The summed E-state index contributed by atoms with van der Waals surface area (Å²) in [4.78, 5) is 80.3. The lowest BCUT2D eigenvalue weighted by molar-refractivity contribution is -0.143. The van der Waals surface area contributed by atoms with Crippen LogP contribution in [0.3, 0.4) is 0 Å². The van der Waals surface area contributed by atoms with Crippen molar-refractivity contribution >= 4 is 52.4 Å². The molecule has 0 radical (unpaired) electrons. The number of fused-ring (bicyclic) bond motifs is 1. The fourth-order valence-electron chi connectivity index (χ4n) is 4.31. The first-order valence-corrected chi connectivity index (χ1v) is 13.8. The number of primary amides is 1. The monoisotopic (exact) mass is 617 g/mol. The number of para-hydroxylation sites is 1. The first-order chi connectivity index (χ1) is 20.8. The summed E-state index contributed by atoms with van der Waals surface area (Å²) < 4.78 is 0. The zero-order chi connectivity index (χ0) is 32.8. The molecule has 4 unspecified atom stereocenters. The molecule has 1 aromatic carbocycles. The van der Waals surface area contributed by atoms with Gasteiger partial charge in [-0.05, 0) is 43.7 Å². The number of amides is 4. The number of carbonyl (C=O) groups is 6. The maximum atomic E-state index is 13.3. The number of nitrogens with one attached hydrogen (secondary N) is 4. The van der Waals surface area contributed by atoms with E-state index in [2.05, 4.69) is 25.9 Å². The van der Waals surface area contributed by atoms with Gasteiger partial charge in [-0.2, -0.15) is 0 Å². The van der Waals surface area contributed by atoms with Crippen molar-refractivity contribution in [3.63, 3.8) is 0 Å². The zero-order valence-electron chi connectivity index (χ0n) is 24.0. The Morgan fingerprint density at radius 3 is 2.02 bits per heavy atom. The van der Waals surface area contributed by atoms with Crippen LogP contribution in [0.15, 0.2) is 35.5 Å². The molecule has 1 heterocycles. The van der Waals surface area contributed by atoms with Gasteiger partial charge in [0.2, 0.25) is 23.6 Å². The van der Waals surface area contributed by atoms with E-state index < -0.39 is 72.6 Å². The molecule has 2 aromatic rings. The molecule has 0 saturated heterocycles. The van der Waals surface area contributed by atoms with Gasteiger partial charge in [0, 0.05) is 36.5 Å². The number of nitrogens with two attached hydrogens (primary N) is 4. The summed E-state index contributed by atoms with van der Waals surface area (Å²) >= 11 is 0. The molecule has 2 rings (SSSR count). The summed E-state index contributed by atoms with van der Waals surface area (Å²) in [5.74, 6) is -6.16. The quantitative estimate of drug-likeness (QED) is 0.0456. The van der Waals surface area contributed by atoms with E-state index in [0.717, 1.165) is 16.5 Å². The Bertz CT molecular complexity index is 1370. The second-order valence-electron chi connectivity index (χ2n) is 10.1. The van der Waals surface area contributed by atoms with Crippen LogP contribution in [-0.4, -0.2) is 87.4 Å². The zero-order valence-corrected chi connectivity index (χ0v) is 24.0. The molecule has 44 heavy (non-hydrogen) atoms. The van der Waals surface area contributed by atoms with Crippen molar-refractivity contribution in [2.75, 3.05) is 6.54 Å². The van der Waals surface area contributed by atoms with Crippen molar-refractivity contribution in [2.45, 2.75) is 69.1 Å². The minimum Gasteiger partial charge on any atom is -0.481 e. The molecule has 1 aromatic heterocycles. The Hall–Kier alpha value is -5.19. The molecule has 0 fully saturated rings. The third kappa shape index (κ3) is 11.6. The van der Waals surface area contributed by atoms with Crippen LogP contribution in [0.5, 0.6) is 0 Å². The van der Waals surface area contributed by atoms with Crippen LogP contribution in [0.4, 0.5) is 0 Å². The number of nitrogens with zero attached hydrogens (tertiary/aromatic N) is 1. The second-order valence-corrected chi connectivity index (χ2v) is 10.1. The number of rotatable bonds is 19. The van der Waals surface area contributed by atoms with E-state index in [0.29, 0.717) is 0 Å². The SMILES string of the molecule is NC(=O)CCC(NC(=O)C(N)Cc1c[nH]c2ccccc12)C(=O)NC(CCCN=C(N)N)C(=O)NC(CCC(=O)O)C(=O)O. The molecule has 14 N–H and O–H groups in total. The van der Waals surface area contributed by atoms with Gasteiger partial charge in [-0.1, -0.05) is 18.2 Å². The van der Waals surface area contributed by atoms with Crippen molar-refractivity contribution in [3.8, 4) is 0 Å².